The van der Waals surface area contributed by atoms with Crippen LogP contribution in [-0.2, 0) is 0 Å². The molecule has 1 aromatic carbocycles. The highest BCUT2D eigenvalue weighted by atomic mass is 32.1. The van der Waals surface area contributed by atoms with E-state index in [9.17, 15) is 14.0 Å². The molecule has 6 nitrogen and oxygen atoms in total. The quantitative estimate of drug-likeness (QED) is 0.886. The summed E-state index contributed by atoms with van der Waals surface area (Å²) in [5.41, 5.74) is 5.53. The summed E-state index contributed by atoms with van der Waals surface area (Å²) >= 11 is 1.32. The predicted molar refractivity (Wildman–Crippen MR) is 89.6 cm³/mol. The Morgan fingerprint density at radius 2 is 2.00 bits per heavy atom. The summed E-state index contributed by atoms with van der Waals surface area (Å²) in [7, 11) is 0. The first-order valence-corrected chi connectivity index (χ1v) is 8.48. The number of benzene rings is 1. The minimum atomic E-state index is -0.551. The van der Waals surface area contributed by atoms with Crippen molar-refractivity contribution in [1.29, 1.82) is 0 Å². The van der Waals surface area contributed by atoms with Crippen molar-refractivity contribution in [1.82, 2.24) is 9.88 Å². The number of likely N-dealkylation sites (tertiary alicyclic amines) is 1. The lowest BCUT2D eigenvalue weighted by molar-refractivity contribution is 0.0713. The zero-order chi connectivity index (χ0) is 17.1. The van der Waals surface area contributed by atoms with Crippen LogP contribution >= 0.6 is 11.3 Å². The van der Waals surface area contributed by atoms with Crippen LogP contribution in [0.1, 0.15) is 33.7 Å². The van der Waals surface area contributed by atoms with E-state index in [-0.39, 0.29) is 23.2 Å². The molecule has 0 aliphatic carbocycles. The van der Waals surface area contributed by atoms with E-state index in [1.54, 1.807) is 22.4 Å². The molecule has 0 radical (unpaired) electrons. The number of nitrogens with one attached hydrogen (secondary N) is 1. The molecule has 0 bridgehead atoms. The van der Waals surface area contributed by atoms with E-state index in [0.29, 0.717) is 18.2 Å². The van der Waals surface area contributed by atoms with Crippen molar-refractivity contribution in [2.45, 2.75) is 18.9 Å². The summed E-state index contributed by atoms with van der Waals surface area (Å²) in [6.07, 6.45) is 1.46. The molecule has 0 spiro atoms. The molecule has 8 heteroatoms. The number of amides is 2. The number of aromatic nitrogens is 1. The van der Waals surface area contributed by atoms with Gasteiger partial charge in [-0.3, -0.25) is 9.59 Å². The molecular formula is C16H17FN4O2S. The summed E-state index contributed by atoms with van der Waals surface area (Å²) in [5.74, 6) is -1.33. The molecular weight excluding hydrogens is 331 g/mol. The highest BCUT2D eigenvalue weighted by Crippen LogP contribution is 2.21. The number of carbonyl (C=O) groups is 2. The lowest BCUT2D eigenvalue weighted by atomic mass is 10.0. The minimum absolute atomic E-state index is 0.106. The van der Waals surface area contributed by atoms with E-state index >= 15 is 0 Å². The topological polar surface area (TPSA) is 88.3 Å². The number of rotatable bonds is 4. The smallest absolute Gasteiger partial charge is 0.268 e. The van der Waals surface area contributed by atoms with Crippen LogP contribution in [0.3, 0.4) is 0 Å². The second kappa shape index (κ2) is 6.96. The fraction of sp³-hybridized carbons (Fsp3) is 0.312. The lowest BCUT2D eigenvalue weighted by Crippen LogP contribution is -2.42. The van der Waals surface area contributed by atoms with Gasteiger partial charge in [-0.05, 0) is 25.0 Å². The fourth-order valence-corrected chi connectivity index (χ4v) is 3.44. The molecule has 3 N–H and O–H groups in total. The van der Waals surface area contributed by atoms with E-state index < -0.39 is 11.7 Å². The molecule has 1 aliphatic rings. The van der Waals surface area contributed by atoms with Crippen LogP contribution in [-0.4, -0.2) is 40.8 Å². The third kappa shape index (κ3) is 3.53. The van der Waals surface area contributed by atoms with Crippen LogP contribution in [0.5, 0.6) is 0 Å². The maximum absolute atomic E-state index is 13.7. The van der Waals surface area contributed by atoms with Gasteiger partial charge in [0.15, 0.2) is 5.13 Å². The largest absolute Gasteiger partial charge is 0.364 e. The Hall–Kier alpha value is -2.48. The monoisotopic (exact) mass is 348 g/mol. The number of nitrogens with two attached hydrogens (primary N) is 1. The molecule has 0 saturated carbocycles. The van der Waals surface area contributed by atoms with E-state index in [4.69, 9.17) is 5.73 Å². The zero-order valence-corrected chi connectivity index (χ0v) is 13.7. The molecule has 1 aromatic heterocycles. The Kier molecular flexibility index (Phi) is 4.75. The molecule has 3 rings (SSSR count). The number of anilines is 1. The van der Waals surface area contributed by atoms with E-state index in [0.717, 1.165) is 12.8 Å². The van der Waals surface area contributed by atoms with Crippen molar-refractivity contribution in [2.24, 2.45) is 5.73 Å². The molecule has 2 aromatic rings. The number of halogens is 1. The zero-order valence-electron chi connectivity index (χ0n) is 12.9. The van der Waals surface area contributed by atoms with Gasteiger partial charge in [0.05, 0.1) is 5.56 Å². The van der Waals surface area contributed by atoms with Gasteiger partial charge in [0.25, 0.3) is 11.8 Å². The molecule has 0 unspecified atom stereocenters. The summed E-state index contributed by atoms with van der Waals surface area (Å²) in [6.45, 7) is 1.08. The average Bonchev–Trinajstić information content (AvgIpc) is 3.04. The maximum Gasteiger partial charge on any atom is 0.268 e. The van der Waals surface area contributed by atoms with Crippen LogP contribution in [0.15, 0.2) is 29.6 Å². The molecule has 0 atom stereocenters. The van der Waals surface area contributed by atoms with Crippen molar-refractivity contribution in [3.8, 4) is 0 Å². The van der Waals surface area contributed by atoms with Gasteiger partial charge in [0.2, 0.25) is 0 Å². The second-order valence-corrected chi connectivity index (χ2v) is 6.45. The Balaban J connectivity index is 1.56. The van der Waals surface area contributed by atoms with Gasteiger partial charge >= 0.3 is 0 Å². The van der Waals surface area contributed by atoms with Gasteiger partial charge in [0.1, 0.15) is 11.5 Å². The number of carbonyl (C=O) groups excluding carboxylic acids is 2. The lowest BCUT2D eigenvalue weighted by Gasteiger charge is -2.32. The number of thiazole rings is 1. The van der Waals surface area contributed by atoms with Gasteiger partial charge in [-0.1, -0.05) is 12.1 Å². The Morgan fingerprint density at radius 3 is 2.62 bits per heavy atom. The van der Waals surface area contributed by atoms with Crippen LogP contribution < -0.4 is 11.1 Å². The fourth-order valence-electron chi connectivity index (χ4n) is 2.66. The Morgan fingerprint density at radius 1 is 1.29 bits per heavy atom. The third-order valence-corrected chi connectivity index (χ3v) is 4.74. The molecule has 1 aliphatic heterocycles. The van der Waals surface area contributed by atoms with Crippen molar-refractivity contribution in [2.75, 3.05) is 18.4 Å². The van der Waals surface area contributed by atoms with Crippen LogP contribution in [0.2, 0.25) is 0 Å². The average molecular weight is 348 g/mol. The normalized spacial score (nSPS) is 15.3. The number of primary amides is 1. The van der Waals surface area contributed by atoms with Crippen LogP contribution in [0.25, 0.3) is 0 Å². The van der Waals surface area contributed by atoms with Gasteiger partial charge in [-0.25, -0.2) is 9.37 Å². The summed E-state index contributed by atoms with van der Waals surface area (Å²) in [6, 6.07) is 6.17. The van der Waals surface area contributed by atoms with Crippen molar-refractivity contribution >= 4 is 28.3 Å². The Labute approximate surface area is 142 Å². The summed E-state index contributed by atoms with van der Waals surface area (Å²) in [5, 5.41) is 5.51. The summed E-state index contributed by atoms with van der Waals surface area (Å²) < 4.78 is 13.7. The Bertz CT molecular complexity index is 756. The molecule has 24 heavy (non-hydrogen) atoms. The number of hydrogen-bond donors (Lipinski definition) is 2. The first-order chi connectivity index (χ1) is 11.5. The molecule has 1 saturated heterocycles. The minimum Gasteiger partial charge on any atom is -0.364 e. The predicted octanol–water partition coefficient (Wildman–Crippen LogP) is 2.10. The molecule has 1 fully saturated rings. The van der Waals surface area contributed by atoms with E-state index in [1.165, 1.54) is 23.5 Å². The van der Waals surface area contributed by atoms with Gasteiger partial charge in [-0.15, -0.1) is 11.3 Å². The van der Waals surface area contributed by atoms with E-state index in [2.05, 4.69) is 10.3 Å². The summed E-state index contributed by atoms with van der Waals surface area (Å²) in [4.78, 5) is 29.2. The van der Waals surface area contributed by atoms with Gasteiger partial charge in [-0.2, -0.15) is 0 Å². The molecule has 2 heterocycles. The third-order valence-electron chi connectivity index (χ3n) is 3.97. The SMILES string of the molecule is NC(=O)c1csc(NC2CCN(C(=O)c3ccccc3F)CC2)n1. The highest BCUT2D eigenvalue weighted by molar-refractivity contribution is 7.13. The van der Waals surface area contributed by atoms with Crippen LogP contribution in [0.4, 0.5) is 9.52 Å². The number of hydrogen-bond acceptors (Lipinski definition) is 5. The first-order valence-electron chi connectivity index (χ1n) is 7.60. The molecule has 2 amide bonds. The highest BCUT2D eigenvalue weighted by Gasteiger charge is 2.25. The first kappa shape index (κ1) is 16.4. The maximum atomic E-state index is 13.7. The van der Waals surface area contributed by atoms with Gasteiger partial charge < -0.3 is 16.0 Å². The van der Waals surface area contributed by atoms with Crippen molar-refractivity contribution in [3.63, 3.8) is 0 Å². The van der Waals surface area contributed by atoms with Crippen LogP contribution in [0, 0.1) is 5.82 Å². The van der Waals surface area contributed by atoms with Crippen molar-refractivity contribution < 1.29 is 14.0 Å². The second-order valence-electron chi connectivity index (χ2n) is 5.59. The number of nitrogens with zero attached hydrogens (tertiary/aromatic N) is 2. The number of piperidine rings is 1. The van der Waals surface area contributed by atoms with Crippen molar-refractivity contribution in [3.05, 3.63) is 46.7 Å². The molecule has 126 valence electrons. The van der Waals surface area contributed by atoms with Gasteiger partial charge in [0, 0.05) is 24.5 Å². The standard InChI is InChI=1S/C16H17FN4O2S/c17-12-4-2-1-3-11(12)15(23)21-7-5-10(6-8-21)19-16-20-13(9-24-16)14(18)22/h1-4,9-10H,5-8H2,(H2,18,22)(H,19,20). The van der Waals surface area contributed by atoms with E-state index in [1.807, 2.05) is 0 Å².